The van der Waals surface area contributed by atoms with Crippen LogP contribution in [0.4, 0.5) is 5.82 Å². The van der Waals surface area contributed by atoms with Crippen LogP contribution in [0.15, 0.2) is 24.5 Å². The monoisotopic (exact) mass is 297 g/mol. The van der Waals surface area contributed by atoms with Gasteiger partial charge in [-0.1, -0.05) is 30.1 Å². The average Bonchev–Trinajstić information content (AvgIpc) is 2.42. The van der Waals surface area contributed by atoms with Crippen molar-refractivity contribution < 1.29 is 4.74 Å². The standard InChI is InChI=1S/C13H13Cl2N3O/c1-3-9-12(16-2)17-7-18-13(9)19-11-6-8(14)4-5-10(11)15/h4-7H,3H2,1-2H3,(H,16,17,18). The molecule has 1 aromatic heterocycles. The van der Waals surface area contributed by atoms with Gasteiger partial charge in [0.25, 0.3) is 0 Å². The second-order valence-corrected chi connectivity index (χ2v) is 4.63. The predicted octanol–water partition coefficient (Wildman–Crippen LogP) is 4.18. The molecule has 0 fully saturated rings. The van der Waals surface area contributed by atoms with Crippen molar-refractivity contribution in [3.8, 4) is 11.6 Å². The number of hydrogen-bond donors (Lipinski definition) is 1. The molecule has 0 aliphatic rings. The topological polar surface area (TPSA) is 47.0 Å². The highest BCUT2D eigenvalue weighted by atomic mass is 35.5. The maximum Gasteiger partial charge on any atom is 0.227 e. The van der Waals surface area contributed by atoms with Crippen LogP contribution >= 0.6 is 23.2 Å². The Bertz CT molecular complexity index is 590. The quantitative estimate of drug-likeness (QED) is 0.919. The van der Waals surface area contributed by atoms with E-state index in [0.717, 1.165) is 17.8 Å². The molecule has 6 heteroatoms. The van der Waals surface area contributed by atoms with Gasteiger partial charge >= 0.3 is 0 Å². The van der Waals surface area contributed by atoms with Gasteiger partial charge in [-0.25, -0.2) is 9.97 Å². The van der Waals surface area contributed by atoms with Gasteiger partial charge in [0.15, 0.2) is 0 Å². The van der Waals surface area contributed by atoms with E-state index in [-0.39, 0.29) is 0 Å². The molecule has 0 saturated carbocycles. The number of anilines is 1. The highest BCUT2D eigenvalue weighted by Gasteiger charge is 2.12. The number of halogens is 2. The summed E-state index contributed by atoms with van der Waals surface area (Å²) in [5, 5.41) is 4.05. The Labute approximate surface area is 121 Å². The molecule has 0 unspecified atom stereocenters. The third-order valence-electron chi connectivity index (χ3n) is 2.60. The molecule has 1 aromatic carbocycles. The Morgan fingerprint density at radius 1 is 1.26 bits per heavy atom. The lowest BCUT2D eigenvalue weighted by Gasteiger charge is -2.12. The molecule has 0 saturated heterocycles. The van der Waals surface area contributed by atoms with Crippen molar-refractivity contribution >= 4 is 29.0 Å². The van der Waals surface area contributed by atoms with Crippen LogP contribution in [0.25, 0.3) is 0 Å². The van der Waals surface area contributed by atoms with Crippen LogP contribution in [0.1, 0.15) is 12.5 Å². The first kappa shape index (κ1) is 13.9. The Morgan fingerprint density at radius 2 is 2.05 bits per heavy atom. The summed E-state index contributed by atoms with van der Waals surface area (Å²) in [4.78, 5) is 8.30. The van der Waals surface area contributed by atoms with Crippen molar-refractivity contribution in [1.29, 1.82) is 0 Å². The fourth-order valence-corrected chi connectivity index (χ4v) is 2.00. The zero-order valence-corrected chi connectivity index (χ0v) is 12.1. The van der Waals surface area contributed by atoms with E-state index < -0.39 is 0 Å². The van der Waals surface area contributed by atoms with Gasteiger partial charge in [0, 0.05) is 18.1 Å². The molecule has 4 nitrogen and oxygen atoms in total. The molecule has 2 aromatic rings. The SMILES string of the molecule is CCc1c(NC)ncnc1Oc1cc(Cl)ccc1Cl. The van der Waals surface area contributed by atoms with Crippen molar-refractivity contribution in [1.82, 2.24) is 9.97 Å². The van der Waals surface area contributed by atoms with E-state index in [1.54, 1.807) is 25.2 Å². The van der Waals surface area contributed by atoms with Crippen LogP contribution in [-0.2, 0) is 6.42 Å². The molecule has 0 atom stereocenters. The summed E-state index contributed by atoms with van der Waals surface area (Å²) in [5.41, 5.74) is 0.890. The van der Waals surface area contributed by atoms with Gasteiger partial charge in [0.2, 0.25) is 5.88 Å². The van der Waals surface area contributed by atoms with E-state index in [1.165, 1.54) is 6.33 Å². The smallest absolute Gasteiger partial charge is 0.227 e. The fourth-order valence-electron chi connectivity index (χ4n) is 1.68. The lowest BCUT2D eigenvalue weighted by molar-refractivity contribution is 0.456. The minimum atomic E-state index is 0.476. The molecule has 0 spiro atoms. The van der Waals surface area contributed by atoms with Crippen LogP contribution in [0.2, 0.25) is 10.0 Å². The third-order valence-corrected chi connectivity index (χ3v) is 3.14. The molecule has 19 heavy (non-hydrogen) atoms. The zero-order chi connectivity index (χ0) is 13.8. The normalized spacial score (nSPS) is 10.3. The average molecular weight is 298 g/mol. The molecule has 0 bridgehead atoms. The molecule has 0 radical (unpaired) electrons. The fraction of sp³-hybridized carbons (Fsp3) is 0.231. The molecule has 1 heterocycles. The molecule has 0 aliphatic heterocycles. The molecule has 100 valence electrons. The summed E-state index contributed by atoms with van der Waals surface area (Å²) in [7, 11) is 1.80. The first-order chi connectivity index (χ1) is 9.15. The minimum absolute atomic E-state index is 0.476. The van der Waals surface area contributed by atoms with E-state index in [4.69, 9.17) is 27.9 Å². The third kappa shape index (κ3) is 3.08. The first-order valence-corrected chi connectivity index (χ1v) is 6.55. The van der Waals surface area contributed by atoms with Gasteiger partial charge in [0.1, 0.15) is 17.9 Å². The largest absolute Gasteiger partial charge is 0.437 e. The number of ether oxygens (including phenoxy) is 1. The van der Waals surface area contributed by atoms with Crippen molar-refractivity contribution in [2.24, 2.45) is 0 Å². The maximum absolute atomic E-state index is 6.07. The molecule has 0 aliphatic carbocycles. The Balaban J connectivity index is 2.40. The van der Waals surface area contributed by atoms with Crippen LogP contribution in [0.5, 0.6) is 11.6 Å². The van der Waals surface area contributed by atoms with Crippen LogP contribution in [0, 0.1) is 0 Å². The number of rotatable bonds is 4. The van der Waals surface area contributed by atoms with Gasteiger partial charge < -0.3 is 10.1 Å². The van der Waals surface area contributed by atoms with Gasteiger partial charge in [-0.15, -0.1) is 0 Å². The van der Waals surface area contributed by atoms with Crippen LogP contribution < -0.4 is 10.1 Å². The van der Waals surface area contributed by atoms with Gasteiger partial charge in [0.05, 0.1) is 10.6 Å². The number of nitrogens with one attached hydrogen (secondary N) is 1. The number of aromatic nitrogens is 2. The predicted molar refractivity (Wildman–Crippen MR) is 77.5 cm³/mol. The second kappa shape index (κ2) is 6.08. The number of nitrogens with zero attached hydrogens (tertiary/aromatic N) is 2. The molecular formula is C13H13Cl2N3O. The van der Waals surface area contributed by atoms with Crippen molar-refractivity contribution in [3.63, 3.8) is 0 Å². The summed E-state index contributed by atoms with van der Waals surface area (Å²) in [6.45, 7) is 2.01. The Hall–Kier alpha value is -1.52. The summed E-state index contributed by atoms with van der Waals surface area (Å²) < 4.78 is 5.75. The first-order valence-electron chi connectivity index (χ1n) is 5.80. The van der Waals surface area contributed by atoms with E-state index in [1.807, 2.05) is 6.92 Å². The van der Waals surface area contributed by atoms with Crippen molar-refractivity contribution in [3.05, 3.63) is 40.1 Å². The number of benzene rings is 1. The Kier molecular flexibility index (Phi) is 4.45. The second-order valence-electron chi connectivity index (χ2n) is 3.79. The van der Waals surface area contributed by atoms with Gasteiger partial charge in [-0.05, 0) is 18.6 Å². The van der Waals surface area contributed by atoms with Crippen molar-refractivity contribution in [2.75, 3.05) is 12.4 Å². The van der Waals surface area contributed by atoms with Gasteiger partial charge in [-0.2, -0.15) is 0 Å². The maximum atomic E-state index is 6.07. The van der Waals surface area contributed by atoms with E-state index in [0.29, 0.717) is 21.7 Å². The van der Waals surface area contributed by atoms with E-state index >= 15 is 0 Å². The highest BCUT2D eigenvalue weighted by molar-refractivity contribution is 6.34. The van der Waals surface area contributed by atoms with E-state index in [9.17, 15) is 0 Å². The lowest BCUT2D eigenvalue weighted by atomic mass is 10.2. The zero-order valence-electron chi connectivity index (χ0n) is 10.6. The molecule has 2 rings (SSSR count). The summed E-state index contributed by atoms with van der Waals surface area (Å²) >= 11 is 12.0. The minimum Gasteiger partial charge on any atom is -0.437 e. The van der Waals surface area contributed by atoms with Crippen LogP contribution in [0.3, 0.4) is 0 Å². The summed E-state index contributed by atoms with van der Waals surface area (Å²) in [5.74, 6) is 1.70. The lowest BCUT2D eigenvalue weighted by Crippen LogP contribution is -2.02. The summed E-state index contributed by atoms with van der Waals surface area (Å²) in [6.07, 6.45) is 2.18. The van der Waals surface area contributed by atoms with Gasteiger partial charge in [-0.3, -0.25) is 0 Å². The molecule has 1 N–H and O–H groups in total. The van der Waals surface area contributed by atoms with Crippen LogP contribution in [-0.4, -0.2) is 17.0 Å². The number of hydrogen-bond acceptors (Lipinski definition) is 4. The van der Waals surface area contributed by atoms with Crippen molar-refractivity contribution in [2.45, 2.75) is 13.3 Å². The molecular weight excluding hydrogens is 285 g/mol. The molecule has 0 amide bonds. The van der Waals surface area contributed by atoms with E-state index in [2.05, 4.69) is 15.3 Å². The Morgan fingerprint density at radius 3 is 2.74 bits per heavy atom. The summed E-state index contributed by atoms with van der Waals surface area (Å²) in [6, 6.07) is 5.05. The highest BCUT2D eigenvalue weighted by Crippen LogP contribution is 2.33.